The molecule has 0 rings (SSSR count). The van der Waals surface area contributed by atoms with E-state index in [0.717, 1.165) is 25.4 Å². The Morgan fingerprint density at radius 3 is 2.14 bits per heavy atom. The van der Waals surface area contributed by atoms with Crippen molar-refractivity contribution in [1.82, 2.24) is 5.32 Å². The Morgan fingerprint density at radius 1 is 1.14 bits per heavy atom. The first kappa shape index (κ1) is 13.9. The molecule has 0 aromatic carbocycles. The fraction of sp³-hybridized carbons (Fsp3) is 1.00. The highest BCUT2D eigenvalue weighted by molar-refractivity contribution is 4.71. The molecule has 2 heteroatoms. The first-order valence-corrected chi connectivity index (χ1v) is 5.81. The fourth-order valence-corrected chi connectivity index (χ4v) is 1.33. The van der Waals surface area contributed by atoms with Crippen LogP contribution in [0.1, 0.15) is 47.5 Å². The van der Waals surface area contributed by atoms with Crippen LogP contribution >= 0.6 is 0 Å². The summed E-state index contributed by atoms with van der Waals surface area (Å²) in [5.74, 6) is 0.764. The molecule has 0 aliphatic carbocycles. The molecule has 0 aliphatic rings. The van der Waals surface area contributed by atoms with E-state index in [2.05, 4.69) is 39.9 Å². The Hall–Kier alpha value is -0.0800. The lowest BCUT2D eigenvalue weighted by atomic mass is 9.80. The van der Waals surface area contributed by atoms with Gasteiger partial charge in [-0.05, 0) is 44.2 Å². The molecule has 0 aromatic heterocycles. The second-order valence-corrected chi connectivity index (χ2v) is 5.49. The molecule has 14 heavy (non-hydrogen) atoms. The molecule has 0 heterocycles. The summed E-state index contributed by atoms with van der Waals surface area (Å²) in [6.45, 7) is 13.3. The van der Waals surface area contributed by atoms with Crippen LogP contribution in [0.2, 0.25) is 0 Å². The van der Waals surface area contributed by atoms with Gasteiger partial charge in [0.2, 0.25) is 0 Å². The van der Waals surface area contributed by atoms with E-state index in [1.165, 1.54) is 6.42 Å². The minimum absolute atomic E-state index is 0.429. The number of hydrogen-bond acceptors (Lipinski definition) is 2. The van der Waals surface area contributed by atoms with E-state index in [-0.39, 0.29) is 0 Å². The van der Waals surface area contributed by atoms with Crippen LogP contribution in [0.5, 0.6) is 0 Å². The van der Waals surface area contributed by atoms with E-state index in [0.29, 0.717) is 11.5 Å². The van der Waals surface area contributed by atoms with Crippen molar-refractivity contribution in [3.8, 4) is 0 Å². The minimum Gasteiger partial charge on any atom is -0.330 e. The molecule has 2 unspecified atom stereocenters. The molecule has 3 N–H and O–H groups in total. The van der Waals surface area contributed by atoms with Crippen molar-refractivity contribution in [2.24, 2.45) is 17.1 Å². The highest BCUT2D eigenvalue weighted by Crippen LogP contribution is 2.27. The zero-order valence-electron chi connectivity index (χ0n) is 10.6. The smallest absolute Gasteiger partial charge is 0.00507 e. The largest absolute Gasteiger partial charge is 0.330 e. The molecule has 0 radical (unpaired) electrons. The summed E-state index contributed by atoms with van der Waals surface area (Å²) in [6, 6.07) is 0.562. The molecule has 0 saturated heterocycles. The Kier molecular flexibility index (Phi) is 6.38. The first-order chi connectivity index (χ1) is 6.38. The molecule has 0 spiro atoms. The second-order valence-electron chi connectivity index (χ2n) is 5.49. The molecule has 86 valence electrons. The molecule has 0 aromatic rings. The van der Waals surface area contributed by atoms with Gasteiger partial charge in [-0.15, -0.1) is 0 Å². The van der Waals surface area contributed by atoms with Crippen LogP contribution in [-0.2, 0) is 0 Å². The third kappa shape index (κ3) is 6.39. The number of nitrogens with one attached hydrogen (secondary N) is 1. The van der Waals surface area contributed by atoms with Gasteiger partial charge in [0.15, 0.2) is 0 Å². The lowest BCUT2D eigenvalue weighted by molar-refractivity contribution is 0.242. The zero-order valence-corrected chi connectivity index (χ0v) is 10.6. The quantitative estimate of drug-likeness (QED) is 0.691. The average molecular weight is 200 g/mol. The standard InChI is InChI=1S/C12H28N2/c1-10(12(3,4)5)7-9-14-11(2)6-8-13/h10-11,14H,6-9,13H2,1-5H3. The lowest BCUT2D eigenvalue weighted by Gasteiger charge is -2.27. The van der Waals surface area contributed by atoms with Crippen LogP contribution in [0.25, 0.3) is 0 Å². The summed E-state index contributed by atoms with van der Waals surface area (Å²) >= 11 is 0. The molecule has 0 aliphatic heterocycles. The van der Waals surface area contributed by atoms with Crippen molar-refractivity contribution in [1.29, 1.82) is 0 Å². The number of rotatable bonds is 6. The van der Waals surface area contributed by atoms with Crippen molar-refractivity contribution in [3.05, 3.63) is 0 Å². The van der Waals surface area contributed by atoms with Crippen molar-refractivity contribution in [3.63, 3.8) is 0 Å². The van der Waals surface area contributed by atoms with Gasteiger partial charge in [-0.3, -0.25) is 0 Å². The zero-order chi connectivity index (χ0) is 11.2. The van der Waals surface area contributed by atoms with E-state index in [9.17, 15) is 0 Å². The highest BCUT2D eigenvalue weighted by atomic mass is 14.9. The lowest BCUT2D eigenvalue weighted by Crippen LogP contribution is -2.31. The van der Waals surface area contributed by atoms with Gasteiger partial charge in [-0.25, -0.2) is 0 Å². The Balaban J connectivity index is 3.54. The van der Waals surface area contributed by atoms with Gasteiger partial charge in [0.1, 0.15) is 0 Å². The van der Waals surface area contributed by atoms with Crippen molar-refractivity contribution in [2.75, 3.05) is 13.1 Å². The Labute approximate surface area is 89.6 Å². The maximum Gasteiger partial charge on any atom is 0.00507 e. The Morgan fingerprint density at radius 2 is 1.71 bits per heavy atom. The van der Waals surface area contributed by atoms with E-state index in [1.54, 1.807) is 0 Å². The summed E-state index contributed by atoms with van der Waals surface area (Å²) in [7, 11) is 0. The molecular weight excluding hydrogens is 172 g/mol. The SMILES string of the molecule is CC(CCN)NCCC(C)C(C)(C)C. The van der Waals surface area contributed by atoms with Crippen molar-refractivity contribution >= 4 is 0 Å². The molecule has 0 saturated carbocycles. The van der Waals surface area contributed by atoms with Crippen molar-refractivity contribution < 1.29 is 0 Å². The van der Waals surface area contributed by atoms with Gasteiger partial charge < -0.3 is 11.1 Å². The summed E-state index contributed by atoms with van der Waals surface area (Å²) < 4.78 is 0. The van der Waals surface area contributed by atoms with Crippen LogP contribution in [0.3, 0.4) is 0 Å². The van der Waals surface area contributed by atoms with Gasteiger partial charge in [0, 0.05) is 6.04 Å². The second kappa shape index (κ2) is 6.41. The summed E-state index contributed by atoms with van der Waals surface area (Å²) in [4.78, 5) is 0. The van der Waals surface area contributed by atoms with Gasteiger partial charge in [0.05, 0.1) is 0 Å². The van der Waals surface area contributed by atoms with E-state index in [1.807, 2.05) is 0 Å². The number of nitrogens with two attached hydrogens (primary N) is 1. The monoisotopic (exact) mass is 200 g/mol. The van der Waals surface area contributed by atoms with Crippen LogP contribution < -0.4 is 11.1 Å². The van der Waals surface area contributed by atoms with Gasteiger partial charge in [0.25, 0.3) is 0 Å². The van der Waals surface area contributed by atoms with E-state index in [4.69, 9.17) is 5.73 Å². The Bertz CT molecular complexity index is 138. The van der Waals surface area contributed by atoms with Crippen LogP contribution in [-0.4, -0.2) is 19.1 Å². The van der Waals surface area contributed by atoms with Gasteiger partial charge in [-0.2, -0.15) is 0 Å². The third-order valence-corrected chi connectivity index (χ3v) is 3.15. The van der Waals surface area contributed by atoms with Gasteiger partial charge in [-0.1, -0.05) is 27.7 Å². The average Bonchev–Trinajstić information content (AvgIpc) is 2.02. The third-order valence-electron chi connectivity index (χ3n) is 3.15. The van der Waals surface area contributed by atoms with Crippen LogP contribution in [0.15, 0.2) is 0 Å². The normalized spacial score (nSPS) is 16.7. The number of hydrogen-bond donors (Lipinski definition) is 2. The summed E-state index contributed by atoms with van der Waals surface area (Å²) in [5, 5.41) is 3.51. The van der Waals surface area contributed by atoms with Crippen LogP contribution in [0.4, 0.5) is 0 Å². The van der Waals surface area contributed by atoms with Gasteiger partial charge >= 0.3 is 0 Å². The van der Waals surface area contributed by atoms with E-state index >= 15 is 0 Å². The predicted octanol–water partition coefficient (Wildman–Crippen LogP) is 2.39. The molecule has 2 atom stereocenters. The maximum absolute atomic E-state index is 5.49. The highest BCUT2D eigenvalue weighted by Gasteiger charge is 2.19. The van der Waals surface area contributed by atoms with Crippen LogP contribution in [0, 0.1) is 11.3 Å². The van der Waals surface area contributed by atoms with E-state index < -0.39 is 0 Å². The summed E-state index contributed by atoms with van der Waals surface area (Å²) in [5.41, 5.74) is 5.92. The topological polar surface area (TPSA) is 38.0 Å². The summed E-state index contributed by atoms with van der Waals surface area (Å²) in [6.07, 6.45) is 2.32. The molecule has 0 fully saturated rings. The predicted molar refractivity (Wildman–Crippen MR) is 64.4 cm³/mol. The fourth-order valence-electron chi connectivity index (χ4n) is 1.33. The minimum atomic E-state index is 0.429. The molecule has 2 nitrogen and oxygen atoms in total. The molecule has 0 amide bonds. The maximum atomic E-state index is 5.49. The molecule has 0 bridgehead atoms. The molecular formula is C12H28N2. The van der Waals surface area contributed by atoms with Crippen molar-refractivity contribution in [2.45, 2.75) is 53.5 Å². The first-order valence-electron chi connectivity index (χ1n) is 5.81.